The van der Waals surface area contributed by atoms with Gasteiger partial charge in [-0.25, -0.2) is 0 Å². The molecule has 0 bridgehead atoms. The van der Waals surface area contributed by atoms with E-state index in [1.54, 1.807) is 24.9 Å². The second-order valence-electron chi connectivity index (χ2n) is 6.34. The molecule has 1 fully saturated rings. The van der Waals surface area contributed by atoms with Crippen molar-refractivity contribution < 1.29 is 9.59 Å². The Hall–Kier alpha value is -1.91. The molecule has 1 aromatic rings. The van der Waals surface area contributed by atoms with E-state index < -0.39 is 5.54 Å². The Balaban J connectivity index is 1.81. The highest BCUT2D eigenvalue weighted by atomic mass is 79.9. The zero-order valence-electron chi connectivity index (χ0n) is 13.8. The summed E-state index contributed by atoms with van der Waals surface area (Å²) in [5.74, 6) is -0.222. The van der Waals surface area contributed by atoms with E-state index in [1.165, 1.54) is 0 Å². The zero-order chi connectivity index (χ0) is 17.7. The summed E-state index contributed by atoms with van der Waals surface area (Å²) >= 11 is 3.37. The highest BCUT2D eigenvalue weighted by Crippen LogP contribution is 2.39. The van der Waals surface area contributed by atoms with Crippen LogP contribution in [0.1, 0.15) is 19.8 Å². The van der Waals surface area contributed by atoms with E-state index in [1.807, 2.05) is 18.2 Å². The second kappa shape index (κ2) is 7.77. The SMILES string of the molecule is CN(CC(=O)Nc1ccccc1Br)CC(=O)N[C@@](C)(C#N)C1CC1. The molecule has 1 aliphatic rings. The van der Waals surface area contributed by atoms with Crippen molar-refractivity contribution in [3.05, 3.63) is 28.7 Å². The van der Waals surface area contributed by atoms with Crippen LogP contribution in [0.25, 0.3) is 0 Å². The number of nitrogens with zero attached hydrogens (tertiary/aromatic N) is 2. The Kier molecular flexibility index (Phi) is 5.97. The van der Waals surface area contributed by atoms with E-state index in [4.69, 9.17) is 0 Å². The number of amides is 2. The molecule has 0 aliphatic heterocycles. The summed E-state index contributed by atoms with van der Waals surface area (Å²) in [6.07, 6.45) is 1.93. The zero-order valence-corrected chi connectivity index (χ0v) is 15.4. The lowest BCUT2D eigenvalue weighted by Gasteiger charge is -2.24. The van der Waals surface area contributed by atoms with Gasteiger partial charge in [-0.15, -0.1) is 0 Å². The van der Waals surface area contributed by atoms with Crippen molar-refractivity contribution in [2.75, 3.05) is 25.5 Å². The first-order chi connectivity index (χ1) is 11.3. The molecule has 2 amide bonds. The number of halogens is 1. The number of likely N-dealkylation sites (N-methyl/N-ethyl adjacent to an activating group) is 1. The van der Waals surface area contributed by atoms with E-state index in [2.05, 4.69) is 32.6 Å². The minimum atomic E-state index is -0.810. The van der Waals surface area contributed by atoms with Gasteiger partial charge in [0.05, 0.1) is 24.8 Å². The van der Waals surface area contributed by atoms with Gasteiger partial charge in [-0.05, 0) is 60.8 Å². The molecule has 0 aromatic heterocycles. The van der Waals surface area contributed by atoms with Crippen LogP contribution in [0.3, 0.4) is 0 Å². The fraction of sp³-hybridized carbons (Fsp3) is 0.471. The first kappa shape index (κ1) is 18.4. The molecule has 0 heterocycles. The fourth-order valence-electron chi connectivity index (χ4n) is 2.51. The lowest BCUT2D eigenvalue weighted by molar-refractivity contribution is -0.124. The van der Waals surface area contributed by atoms with Crippen molar-refractivity contribution in [2.24, 2.45) is 5.92 Å². The van der Waals surface area contributed by atoms with Crippen LogP contribution in [0.2, 0.25) is 0 Å². The smallest absolute Gasteiger partial charge is 0.238 e. The molecular weight excluding hydrogens is 372 g/mol. The molecule has 1 aromatic carbocycles. The fourth-order valence-corrected chi connectivity index (χ4v) is 2.89. The van der Waals surface area contributed by atoms with Gasteiger partial charge in [0.25, 0.3) is 0 Å². The van der Waals surface area contributed by atoms with Crippen molar-refractivity contribution in [2.45, 2.75) is 25.3 Å². The van der Waals surface area contributed by atoms with E-state index in [-0.39, 0.29) is 30.8 Å². The predicted molar refractivity (Wildman–Crippen MR) is 95.2 cm³/mol. The standard InChI is InChI=1S/C17H21BrN4O2/c1-17(11-19,12-7-8-12)21-16(24)10-22(2)9-15(23)20-14-6-4-3-5-13(14)18/h3-6,12H,7-10H2,1-2H3,(H,20,23)(H,21,24)/t17-/m0/s1. The van der Waals surface area contributed by atoms with Gasteiger partial charge in [0, 0.05) is 4.47 Å². The second-order valence-corrected chi connectivity index (χ2v) is 7.19. The quantitative estimate of drug-likeness (QED) is 0.743. The maximum Gasteiger partial charge on any atom is 0.238 e. The van der Waals surface area contributed by atoms with Crippen LogP contribution in [-0.2, 0) is 9.59 Å². The van der Waals surface area contributed by atoms with Crippen LogP contribution in [0.5, 0.6) is 0 Å². The van der Waals surface area contributed by atoms with Crippen molar-refractivity contribution in [1.82, 2.24) is 10.2 Å². The number of carbonyl (C=O) groups is 2. The minimum absolute atomic E-state index is 0.0629. The van der Waals surface area contributed by atoms with E-state index in [0.29, 0.717) is 5.69 Å². The predicted octanol–water partition coefficient (Wildman–Crippen LogP) is 2.13. The summed E-state index contributed by atoms with van der Waals surface area (Å²) in [6, 6.07) is 9.52. The normalized spacial score (nSPS) is 16.1. The van der Waals surface area contributed by atoms with Gasteiger partial charge in [-0.3, -0.25) is 14.5 Å². The molecule has 0 radical (unpaired) electrons. The number of hydrogen-bond donors (Lipinski definition) is 2. The van der Waals surface area contributed by atoms with Crippen molar-refractivity contribution in [3.63, 3.8) is 0 Å². The number of para-hydroxylation sites is 1. The number of benzene rings is 1. The molecule has 128 valence electrons. The molecule has 0 unspecified atom stereocenters. The van der Waals surface area contributed by atoms with Gasteiger partial charge in [-0.1, -0.05) is 12.1 Å². The van der Waals surface area contributed by atoms with Gasteiger partial charge in [0.2, 0.25) is 11.8 Å². The van der Waals surface area contributed by atoms with Crippen LogP contribution in [0.15, 0.2) is 28.7 Å². The topological polar surface area (TPSA) is 85.2 Å². The first-order valence-electron chi connectivity index (χ1n) is 7.79. The molecule has 7 heteroatoms. The van der Waals surface area contributed by atoms with Gasteiger partial charge >= 0.3 is 0 Å². The number of nitrogens with one attached hydrogen (secondary N) is 2. The minimum Gasteiger partial charge on any atom is -0.337 e. The molecule has 6 nitrogen and oxygen atoms in total. The maximum atomic E-state index is 12.1. The Morgan fingerprint density at radius 1 is 1.33 bits per heavy atom. The summed E-state index contributed by atoms with van der Waals surface area (Å²) in [7, 11) is 1.69. The maximum absolute atomic E-state index is 12.1. The molecule has 1 atom stereocenters. The highest BCUT2D eigenvalue weighted by molar-refractivity contribution is 9.10. The number of rotatable bonds is 7. The van der Waals surface area contributed by atoms with Gasteiger partial charge in [0.15, 0.2) is 0 Å². The van der Waals surface area contributed by atoms with E-state index >= 15 is 0 Å². The number of hydrogen-bond acceptors (Lipinski definition) is 4. The molecule has 2 rings (SSSR count). The first-order valence-corrected chi connectivity index (χ1v) is 8.58. The van der Waals surface area contributed by atoms with Crippen molar-refractivity contribution >= 4 is 33.4 Å². The molecule has 1 saturated carbocycles. The molecule has 0 saturated heterocycles. The van der Waals surface area contributed by atoms with Crippen LogP contribution in [-0.4, -0.2) is 42.4 Å². The average Bonchev–Trinajstić information content (AvgIpc) is 3.34. The summed E-state index contributed by atoms with van der Waals surface area (Å²) in [6.45, 7) is 1.90. The van der Waals surface area contributed by atoms with Gasteiger partial charge in [0.1, 0.15) is 5.54 Å². The molecular formula is C17H21BrN4O2. The summed E-state index contributed by atoms with van der Waals surface area (Å²) in [5, 5.41) is 14.8. The van der Waals surface area contributed by atoms with Gasteiger partial charge in [-0.2, -0.15) is 5.26 Å². The lowest BCUT2D eigenvalue weighted by atomic mass is 9.98. The lowest BCUT2D eigenvalue weighted by Crippen LogP contribution is -2.50. The largest absolute Gasteiger partial charge is 0.337 e. The van der Waals surface area contributed by atoms with Crippen LogP contribution in [0, 0.1) is 17.2 Å². The Labute approximate surface area is 150 Å². The Morgan fingerprint density at radius 2 is 1.96 bits per heavy atom. The van der Waals surface area contributed by atoms with Crippen molar-refractivity contribution in [3.8, 4) is 6.07 Å². The molecule has 24 heavy (non-hydrogen) atoms. The summed E-state index contributed by atoms with van der Waals surface area (Å²) in [5.41, 5.74) is -0.124. The average molecular weight is 393 g/mol. The molecule has 2 N–H and O–H groups in total. The Morgan fingerprint density at radius 3 is 2.54 bits per heavy atom. The van der Waals surface area contributed by atoms with Crippen LogP contribution in [0.4, 0.5) is 5.69 Å². The van der Waals surface area contributed by atoms with Crippen LogP contribution < -0.4 is 10.6 Å². The number of carbonyl (C=O) groups excluding carboxylic acids is 2. The third-order valence-corrected chi connectivity index (χ3v) is 4.69. The Bertz CT molecular complexity index is 669. The van der Waals surface area contributed by atoms with Crippen LogP contribution >= 0.6 is 15.9 Å². The van der Waals surface area contributed by atoms with Gasteiger partial charge < -0.3 is 10.6 Å². The summed E-state index contributed by atoms with van der Waals surface area (Å²) < 4.78 is 0.799. The third-order valence-electron chi connectivity index (χ3n) is 4.00. The molecule has 1 aliphatic carbocycles. The summed E-state index contributed by atoms with van der Waals surface area (Å²) in [4.78, 5) is 25.8. The third kappa shape index (κ3) is 5.05. The number of anilines is 1. The monoisotopic (exact) mass is 392 g/mol. The molecule has 0 spiro atoms. The van der Waals surface area contributed by atoms with Crippen molar-refractivity contribution in [1.29, 1.82) is 5.26 Å². The highest BCUT2D eigenvalue weighted by Gasteiger charge is 2.43. The van der Waals surface area contributed by atoms with E-state index in [0.717, 1.165) is 17.3 Å². The van der Waals surface area contributed by atoms with E-state index in [9.17, 15) is 14.9 Å². The number of nitriles is 1.